The van der Waals surface area contributed by atoms with E-state index in [-0.39, 0.29) is 29.5 Å². The molecular weight excluding hydrogens is 587 g/mol. The van der Waals surface area contributed by atoms with Crippen LogP contribution in [0.5, 0.6) is 5.75 Å². The lowest BCUT2D eigenvalue weighted by Crippen LogP contribution is -2.53. The SMILES string of the molecule is C=CC(=O)N1CC[C@H](N2C(=O)N(c3ccc(F)c(Cl)c3)Cc3cnc(Nc4ccc(N5CCN(C)CC5)c(OC)c4)nc32)C1. The number of hydrogen-bond acceptors (Lipinski definition) is 8. The standard InChI is InChI=1S/C31H34ClFN8O3/c1-4-28(42)39-10-9-23(19-39)41-29-20(18-40(31(41)43)22-6-7-25(33)24(32)16-22)17-34-30(36-29)35-21-5-8-26(27(15-21)44-3)38-13-11-37(2)12-14-38/h4-8,15-17,23H,1,9-14,18-19H2,2-3H3,(H,34,35,36)/t23-/m0/s1. The predicted molar refractivity (Wildman–Crippen MR) is 169 cm³/mol. The van der Waals surface area contributed by atoms with Gasteiger partial charge in [0.15, 0.2) is 0 Å². The van der Waals surface area contributed by atoms with Crippen molar-refractivity contribution >= 4 is 52.4 Å². The Morgan fingerprint density at radius 2 is 1.95 bits per heavy atom. The van der Waals surface area contributed by atoms with Gasteiger partial charge in [-0.1, -0.05) is 18.2 Å². The molecule has 3 aromatic rings. The van der Waals surface area contributed by atoms with Crippen molar-refractivity contribution in [1.82, 2.24) is 19.8 Å². The first kappa shape index (κ1) is 29.6. The highest BCUT2D eigenvalue weighted by Crippen LogP contribution is 2.37. The van der Waals surface area contributed by atoms with Crippen LogP contribution in [0, 0.1) is 5.82 Å². The third-order valence-corrected chi connectivity index (χ3v) is 8.63. The van der Waals surface area contributed by atoms with Gasteiger partial charge in [0, 0.05) is 68.5 Å². The number of likely N-dealkylation sites (tertiary alicyclic amines) is 1. The molecule has 13 heteroatoms. The van der Waals surface area contributed by atoms with Gasteiger partial charge in [-0.2, -0.15) is 4.98 Å². The summed E-state index contributed by atoms with van der Waals surface area (Å²) in [6.07, 6.45) is 3.51. The topological polar surface area (TPSA) is 97.4 Å². The van der Waals surface area contributed by atoms with Gasteiger partial charge in [-0.3, -0.25) is 14.6 Å². The van der Waals surface area contributed by atoms with Gasteiger partial charge >= 0.3 is 6.03 Å². The molecule has 3 amide bonds. The van der Waals surface area contributed by atoms with Crippen LogP contribution in [0.3, 0.4) is 0 Å². The lowest BCUT2D eigenvalue weighted by atomic mass is 10.1. The van der Waals surface area contributed by atoms with Crippen LogP contribution in [0.25, 0.3) is 0 Å². The molecule has 0 unspecified atom stereocenters. The molecule has 0 radical (unpaired) electrons. The van der Waals surface area contributed by atoms with Gasteiger partial charge in [0.05, 0.1) is 30.4 Å². The van der Waals surface area contributed by atoms with E-state index in [0.717, 1.165) is 43.3 Å². The zero-order chi connectivity index (χ0) is 31.0. The fourth-order valence-corrected chi connectivity index (χ4v) is 6.07. The van der Waals surface area contributed by atoms with Crippen molar-refractivity contribution in [2.45, 2.75) is 19.0 Å². The molecule has 230 valence electrons. The molecule has 0 aliphatic carbocycles. The summed E-state index contributed by atoms with van der Waals surface area (Å²) in [5.74, 6) is 0.736. The first-order valence-corrected chi connectivity index (χ1v) is 14.8. The number of nitrogens with one attached hydrogen (secondary N) is 1. The van der Waals surface area contributed by atoms with Crippen LogP contribution in [0.4, 0.5) is 38.0 Å². The first-order chi connectivity index (χ1) is 21.2. The van der Waals surface area contributed by atoms with E-state index in [0.29, 0.717) is 42.5 Å². The summed E-state index contributed by atoms with van der Waals surface area (Å²) in [6, 6.07) is 9.38. The first-order valence-electron chi connectivity index (χ1n) is 14.5. The fourth-order valence-electron chi connectivity index (χ4n) is 5.90. The normalized spacial score (nSPS) is 18.8. The van der Waals surface area contributed by atoms with E-state index in [4.69, 9.17) is 21.3 Å². The van der Waals surface area contributed by atoms with Crippen molar-refractivity contribution in [3.8, 4) is 5.75 Å². The Labute approximate surface area is 260 Å². The minimum Gasteiger partial charge on any atom is -0.495 e. The van der Waals surface area contributed by atoms with Crippen LogP contribution in [0.15, 0.2) is 55.3 Å². The fraction of sp³-hybridized carbons (Fsp3) is 0.355. The van der Waals surface area contributed by atoms with Gasteiger partial charge in [-0.05, 0) is 49.9 Å². The van der Waals surface area contributed by atoms with Crippen LogP contribution in [-0.4, -0.2) is 91.2 Å². The molecule has 1 atom stereocenters. The monoisotopic (exact) mass is 620 g/mol. The lowest BCUT2D eigenvalue weighted by Gasteiger charge is -2.39. The summed E-state index contributed by atoms with van der Waals surface area (Å²) in [7, 11) is 3.77. The quantitative estimate of drug-likeness (QED) is 0.386. The van der Waals surface area contributed by atoms with E-state index in [1.54, 1.807) is 23.1 Å². The molecule has 2 saturated heterocycles. The molecule has 1 N–H and O–H groups in total. The maximum Gasteiger partial charge on any atom is 0.330 e. The number of rotatable bonds is 7. The number of nitrogens with zero attached hydrogens (tertiary/aromatic N) is 7. The van der Waals surface area contributed by atoms with Gasteiger partial charge in [0.25, 0.3) is 0 Å². The summed E-state index contributed by atoms with van der Waals surface area (Å²) < 4.78 is 19.7. The van der Waals surface area contributed by atoms with E-state index in [2.05, 4.69) is 33.7 Å². The highest BCUT2D eigenvalue weighted by atomic mass is 35.5. The number of likely N-dealkylation sites (N-methyl/N-ethyl adjacent to an activating group) is 1. The van der Waals surface area contributed by atoms with Gasteiger partial charge in [0.2, 0.25) is 11.9 Å². The van der Waals surface area contributed by atoms with Crippen molar-refractivity contribution in [2.24, 2.45) is 0 Å². The number of fused-ring (bicyclic) bond motifs is 1. The Morgan fingerprint density at radius 1 is 1.16 bits per heavy atom. The summed E-state index contributed by atoms with van der Waals surface area (Å²) in [5.41, 5.74) is 2.91. The van der Waals surface area contributed by atoms with E-state index < -0.39 is 5.82 Å². The second kappa shape index (κ2) is 12.3. The number of methoxy groups -OCH3 is 1. The van der Waals surface area contributed by atoms with Gasteiger partial charge in [-0.15, -0.1) is 0 Å². The number of carbonyl (C=O) groups is 2. The maximum atomic E-state index is 14.1. The van der Waals surface area contributed by atoms with Crippen molar-refractivity contribution in [3.05, 3.63) is 71.7 Å². The third kappa shape index (κ3) is 5.74. The number of carbonyl (C=O) groups excluding carboxylic acids is 2. The summed E-state index contributed by atoms with van der Waals surface area (Å²) in [5, 5.41) is 3.18. The van der Waals surface area contributed by atoms with Gasteiger partial charge in [0.1, 0.15) is 17.4 Å². The number of aromatic nitrogens is 2. The smallest absolute Gasteiger partial charge is 0.330 e. The molecular formula is C31H34ClFN8O3. The predicted octanol–water partition coefficient (Wildman–Crippen LogP) is 4.51. The second-order valence-electron chi connectivity index (χ2n) is 11.1. The Hall–Kier alpha value is -4.42. The summed E-state index contributed by atoms with van der Waals surface area (Å²) in [4.78, 5) is 45.2. The highest BCUT2D eigenvalue weighted by Gasteiger charge is 2.41. The molecule has 0 bridgehead atoms. The van der Waals surface area contributed by atoms with E-state index in [1.165, 1.54) is 29.2 Å². The minimum absolute atomic E-state index is 0.0823. The number of anilines is 5. The maximum absolute atomic E-state index is 14.1. The molecule has 0 saturated carbocycles. The van der Waals surface area contributed by atoms with E-state index in [1.807, 2.05) is 18.2 Å². The molecule has 2 fully saturated rings. The number of piperazine rings is 1. The van der Waals surface area contributed by atoms with Gasteiger partial charge in [-0.25, -0.2) is 14.2 Å². The molecule has 44 heavy (non-hydrogen) atoms. The van der Waals surface area contributed by atoms with Crippen LogP contribution >= 0.6 is 11.6 Å². The van der Waals surface area contributed by atoms with Crippen LogP contribution in [0.2, 0.25) is 5.02 Å². The number of halogens is 2. The molecule has 1 aromatic heterocycles. The van der Waals surface area contributed by atoms with E-state index in [9.17, 15) is 14.0 Å². The van der Waals surface area contributed by atoms with Crippen LogP contribution in [0.1, 0.15) is 12.0 Å². The second-order valence-corrected chi connectivity index (χ2v) is 11.5. The molecule has 0 spiro atoms. The number of benzene rings is 2. The number of hydrogen-bond donors (Lipinski definition) is 1. The molecule has 11 nitrogen and oxygen atoms in total. The highest BCUT2D eigenvalue weighted by molar-refractivity contribution is 6.31. The van der Waals surface area contributed by atoms with Crippen LogP contribution < -0.4 is 24.8 Å². The summed E-state index contributed by atoms with van der Waals surface area (Å²) >= 11 is 6.07. The Balaban J connectivity index is 1.31. The third-order valence-electron chi connectivity index (χ3n) is 8.34. The molecule has 6 rings (SSSR count). The Bertz CT molecular complexity index is 1600. The number of ether oxygens (including phenoxy) is 1. The Kier molecular flexibility index (Phi) is 8.28. The number of urea groups is 1. The number of amides is 3. The molecule has 3 aliphatic heterocycles. The average molecular weight is 621 g/mol. The Morgan fingerprint density at radius 3 is 2.68 bits per heavy atom. The van der Waals surface area contributed by atoms with E-state index >= 15 is 0 Å². The zero-order valence-corrected chi connectivity index (χ0v) is 25.4. The van der Waals surface area contributed by atoms with Crippen LogP contribution in [-0.2, 0) is 11.3 Å². The zero-order valence-electron chi connectivity index (χ0n) is 24.7. The average Bonchev–Trinajstić information content (AvgIpc) is 3.52. The van der Waals surface area contributed by atoms with Crippen molar-refractivity contribution in [1.29, 1.82) is 0 Å². The molecule has 3 aliphatic rings. The molecule has 2 aromatic carbocycles. The van der Waals surface area contributed by atoms with Crippen molar-refractivity contribution < 1.29 is 18.7 Å². The van der Waals surface area contributed by atoms with Crippen molar-refractivity contribution in [2.75, 3.05) is 73.4 Å². The lowest BCUT2D eigenvalue weighted by molar-refractivity contribution is -0.125. The van der Waals surface area contributed by atoms with Crippen molar-refractivity contribution in [3.63, 3.8) is 0 Å². The van der Waals surface area contributed by atoms with Gasteiger partial charge < -0.3 is 24.8 Å². The minimum atomic E-state index is -0.571. The largest absolute Gasteiger partial charge is 0.495 e. The summed E-state index contributed by atoms with van der Waals surface area (Å²) in [6.45, 7) is 8.35. The molecule has 4 heterocycles.